The monoisotopic (exact) mass is 378 g/mol. The molecule has 4 rings (SSSR count). The molecule has 2 amide bonds. The van der Waals surface area contributed by atoms with Gasteiger partial charge in [-0.2, -0.15) is 0 Å². The molecule has 1 aromatic carbocycles. The average molecular weight is 379 g/mol. The number of nitrogens with one attached hydrogen (secondary N) is 1. The van der Waals surface area contributed by atoms with Gasteiger partial charge >= 0.3 is 0 Å². The summed E-state index contributed by atoms with van der Waals surface area (Å²) in [4.78, 5) is 28.0. The summed E-state index contributed by atoms with van der Waals surface area (Å²) in [7, 11) is 0. The molecule has 25 heavy (non-hydrogen) atoms. The first-order valence-corrected chi connectivity index (χ1v) is 10.5. The van der Waals surface area contributed by atoms with E-state index in [0.717, 1.165) is 56.5 Å². The highest BCUT2D eigenvalue weighted by molar-refractivity contribution is 7.99. The van der Waals surface area contributed by atoms with Crippen molar-refractivity contribution in [2.75, 3.05) is 18.8 Å². The summed E-state index contributed by atoms with van der Waals surface area (Å²) in [5.74, 6) is 1.72. The van der Waals surface area contributed by atoms with Gasteiger partial charge in [0.2, 0.25) is 11.8 Å². The third-order valence-electron chi connectivity index (χ3n) is 5.43. The van der Waals surface area contributed by atoms with Gasteiger partial charge in [-0.05, 0) is 55.9 Å². The molecule has 0 spiro atoms. The van der Waals surface area contributed by atoms with Crippen molar-refractivity contribution in [1.29, 1.82) is 0 Å². The minimum atomic E-state index is 0.0143. The lowest BCUT2D eigenvalue weighted by Crippen LogP contribution is -2.44. The van der Waals surface area contributed by atoms with Crippen LogP contribution in [0.25, 0.3) is 0 Å². The Balaban J connectivity index is 1.35. The fraction of sp³-hybridized carbons (Fsp3) is 0.579. The van der Waals surface area contributed by atoms with Crippen LogP contribution in [-0.2, 0) is 9.59 Å². The SMILES string of the molecule is O=C(NC1CCSc2ccc(Cl)cc21)C1CCN(C(=O)C2CC2)CC1. The minimum absolute atomic E-state index is 0.0143. The number of amides is 2. The average Bonchev–Trinajstić information content (AvgIpc) is 3.47. The second-order valence-electron chi connectivity index (χ2n) is 7.25. The maximum atomic E-state index is 12.7. The first kappa shape index (κ1) is 17.2. The number of carbonyl (C=O) groups excluding carboxylic acids is 2. The predicted molar refractivity (Wildman–Crippen MR) is 99.7 cm³/mol. The second-order valence-corrected chi connectivity index (χ2v) is 8.83. The number of carbonyl (C=O) groups is 2. The lowest BCUT2D eigenvalue weighted by atomic mass is 9.94. The Labute approximate surface area is 157 Å². The van der Waals surface area contributed by atoms with Crippen molar-refractivity contribution in [2.45, 2.75) is 43.0 Å². The lowest BCUT2D eigenvalue weighted by Gasteiger charge is -2.33. The van der Waals surface area contributed by atoms with Crippen LogP contribution >= 0.6 is 23.4 Å². The third-order valence-corrected chi connectivity index (χ3v) is 6.79. The Hall–Kier alpha value is -1.20. The molecular weight excluding hydrogens is 356 g/mol. The number of hydrogen-bond donors (Lipinski definition) is 1. The summed E-state index contributed by atoms with van der Waals surface area (Å²) in [6, 6.07) is 5.98. The summed E-state index contributed by atoms with van der Waals surface area (Å²) in [5, 5.41) is 3.95. The molecule has 2 fully saturated rings. The molecule has 0 radical (unpaired) electrons. The maximum absolute atomic E-state index is 12.7. The van der Waals surface area contributed by atoms with Crippen molar-refractivity contribution in [3.8, 4) is 0 Å². The molecule has 1 unspecified atom stereocenters. The van der Waals surface area contributed by atoms with Crippen LogP contribution in [0.4, 0.5) is 0 Å². The van der Waals surface area contributed by atoms with E-state index >= 15 is 0 Å². The smallest absolute Gasteiger partial charge is 0.225 e. The van der Waals surface area contributed by atoms with Crippen LogP contribution in [0.2, 0.25) is 5.02 Å². The molecule has 1 saturated carbocycles. The van der Waals surface area contributed by atoms with Crippen molar-refractivity contribution >= 4 is 35.2 Å². The Morgan fingerprint density at radius 2 is 1.84 bits per heavy atom. The predicted octanol–water partition coefficient (Wildman–Crippen LogP) is 3.64. The van der Waals surface area contributed by atoms with Gasteiger partial charge in [0.05, 0.1) is 6.04 Å². The van der Waals surface area contributed by atoms with E-state index in [1.807, 2.05) is 34.9 Å². The minimum Gasteiger partial charge on any atom is -0.349 e. The molecule has 0 aromatic heterocycles. The van der Waals surface area contributed by atoms with E-state index in [1.54, 1.807) is 0 Å². The molecule has 1 N–H and O–H groups in total. The standard InChI is InChI=1S/C19H23ClN2O2S/c20-14-3-4-17-15(11-14)16(7-10-25-17)21-18(23)12-5-8-22(9-6-12)19(24)13-1-2-13/h3-4,11-13,16H,1-2,5-10H2,(H,21,23). The van der Waals surface area contributed by atoms with E-state index in [2.05, 4.69) is 5.32 Å². The van der Waals surface area contributed by atoms with Gasteiger partial charge in [-0.15, -0.1) is 11.8 Å². The number of halogens is 1. The van der Waals surface area contributed by atoms with Gasteiger partial charge in [0, 0.05) is 40.6 Å². The van der Waals surface area contributed by atoms with Gasteiger partial charge in [-0.1, -0.05) is 11.6 Å². The van der Waals surface area contributed by atoms with E-state index in [-0.39, 0.29) is 23.8 Å². The molecule has 6 heteroatoms. The molecule has 134 valence electrons. The molecule has 2 aliphatic heterocycles. The summed E-state index contributed by atoms with van der Waals surface area (Å²) >= 11 is 7.97. The summed E-state index contributed by atoms with van der Waals surface area (Å²) in [6.45, 7) is 1.44. The molecule has 1 atom stereocenters. The highest BCUT2D eigenvalue weighted by atomic mass is 35.5. The second kappa shape index (κ2) is 7.20. The number of thioether (sulfide) groups is 1. The van der Waals surface area contributed by atoms with Crippen molar-refractivity contribution in [1.82, 2.24) is 10.2 Å². The Morgan fingerprint density at radius 3 is 2.56 bits per heavy atom. The van der Waals surface area contributed by atoms with Crippen molar-refractivity contribution < 1.29 is 9.59 Å². The van der Waals surface area contributed by atoms with Gasteiger partial charge in [0.1, 0.15) is 0 Å². The van der Waals surface area contributed by atoms with E-state index in [4.69, 9.17) is 11.6 Å². The van der Waals surface area contributed by atoms with Gasteiger partial charge in [0.15, 0.2) is 0 Å². The first-order valence-electron chi connectivity index (χ1n) is 9.13. The number of piperidine rings is 1. The molecule has 4 nitrogen and oxygen atoms in total. The van der Waals surface area contributed by atoms with Gasteiger partial charge in [-0.3, -0.25) is 9.59 Å². The Morgan fingerprint density at radius 1 is 1.08 bits per heavy atom. The normalized spacial score (nSPS) is 23.9. The van der Waals surface area contributed by atoms with E-state index in [9.17, 15) is 9.59 Å². The lowest BCUT2D eigenvalue weighted by molar-refractivity contribution is -0.136. The number of rotatable bonds is 3. The van der Waals surface area contributed by atoms with Gasteiger partial charge in [-0.25, -0.2) is 0 Å². The summed E-state index contributed by atoms with van der Waals surface area (Å²) in [6.07, 6.45) is 4.56. The van der Waals surface area contributed by atoms with Gasteiger partial charge < -0.3 is 10.2 Å². The molecule has 2 heterocycles. The molecule has 0 bridgehead atoms. The van der Waals surface area contributed by atoms with Crippen LogP contribution in [0.1, 0.15) is 43.7 Å². The quantitative estimate of drug-likeness (QED) is 0.873. The zero-order valence-corrected chi connectivity index (χ0v) is 15.7. The number of fused-ring (bicyclic) bond motifs is 1. The highest BCUT2D eigenvalue weighted by Gasteiger charge is 2.36. The van der Waals surface area contributed by atoms with Crippen molar-refractivity contribution in [2.24, 2.45) is 11.8 Å². The molecule has 1 aliphatic carbocycles. The van der Waals surface area contributed by atoms with Crippen LogP contribution in [0.3, 0.4) is 0 Å². The summed E-state index contributed by atoms with van der Waals surface area (Å²) < 4.78 is 0. The molecule has 1 saturated heterocycles. The van der Waals surface area contributed by atoms with E-state index in [0.29, 0.717) is 10.9 Å². The van der Waals surface area contributed by atoms with Crippen LogP contribution < -0.4 is 5.32 Å². The Bertz CT molecular complexity index is 684. The molecular formula is C19H23ClN2O2S. The zero-order chi connectivity index (χ0) is 17.4. The maximum Gasteiger partial charge on any atom is 0.225 e. The van der Waals surface area contributed by atoms with Crippen LogP contribution in [0.15, 0.2) is 23.1 Å². The van der Waals surface area contributed by atoms with Gasteiger partial charge in [0.25, 0.3) is 0 Å². The largest absolute Gasteiger partial charge is 0.349 e. The third kappa shape index (κ3) is 3.82. The van der Waals surface area contributed by atoms with Crippen molar-refractivity contribution in [3.63, 3.8) is 0 Å². The van der Waals surface area contributed by atoms with E-state index in [1.165, 1.54) is 4.90 Å². The number of hydrogen-bond acceptors (Lipinski definition) is 3. The first-order chi connectivity index (χ1) is 12.1. The van der Waals surface area contributed by atoms with Crippen LogP contribution in [0, 0.1) is 11.8 Å². The van der Waals surface area contributed by atoms with Crippen LogP contribution in [0.5, 0.6) is 0 Å². The van der Waals surface area contributed by atoms with E-state index < -0.39 is 0 Å². The molecule has 1 aromatic rings. The highest BCUT2D eigenvalue weighted by Crippen LogP contribution is 2.38. The fourth-order valence-electron chi connectivity index (χ4n) is 3.76. The van der Waals surface area contributed by atoms with Crippen LogP contribution in [-0.4, -0.2) is 35.6 Å². The van der Waals surface area contributed by atoms with Crippen molar-refractivity contribution in [3.05, 3.63) is 28.8 Å². The fourth-order valence-corrected chi connectivity index (χ4v) is 5.04. The summed E-state index contributed by atoms with van der Waals surface area (Å²) in [5.41, 5.74) is 1.14. The number of likely N-dealkylation sites (tertiary alicyclic amines) is 1. The number of benzene rings is 1. The Kier molecular flexibility index (Phi) is 4.96. The topological polar surface area (TPSA) is 49.4 Å². The molecule has 3 aliphatic rings. The number of nitrogens with zero attached hydrogens (tertiary/aromatic N) is 1. The zero-order valence-electron chi connectivity index (χ0n) is 14.2.